The Kier molecular flexibility index (Phi) is 7.00. The first-order valence-corrected chi connectivity index (χ1v) is 5.82. The Balaban J connectivity index is 4.27. The molecule has 0 aliphatic carbocycles. The summed E-state index contributed by atoms with van der Waals surface area (Å²) in [6.45, 7) is 6.32. The van der Waals surface area contributed by atoms with E-state index < -0.39 is 30.1 Å². The summed E-state index contributed by atoms with van der Waals surface area (Å²) < 4.78 is 14.1. The Morgan fingerprint density at radius 1 is 0.889 bits per heavy atom. The van der Waals surface area contributed by atoms with E-state index in [1.165, 1.54) is 21.0 Å². The number of hydrogen-bond acceptors (Lipinski definition) is 6. The highest BCUT2D eigenvalue weighted by Gasteiger charge is 2.26. The van der Waals surface area contributed by atoms with E-state index in [0.29, 0.717) is 6.42 Å². The third-order valence-electron chi connectivity index (χ3n) is 2.47. The lowest BCUT2D eigenvalue weighted by atomic mass is 10.1. The molecule has 0 aromatic heterocycles. The molecule has 3 unspecified atom stereocenters. The molecule has 0 spiro atoms. The lowest BCUT2D eigenvalue weighted by Crippen LogP contribution is -2.33. The zero-order valence-corrected chi connectivity index (χ0v) is 11.4. The van der Waals surface area contributed by atoms with Crippen molar-refractivity contribution >= 4 is 17.9 Å². The molecule has 0 amide bonds. The Morgan fingerprint density at radius 3 is 1.78 bits per heavy atom. The minimum atomic E-state index is -1.04. The predicted octanol–water partition coefficient (Wildman–Crippen LogP) is 1.07. The van der Waals surface area contributed by atoms with Crippen molar-refractivity contribution in [3.05, 3.63) is 0 Å². The van der Waals surface area contributed by atoms with Crippen molar-refractivity contribution < 1.29 is 28.6 Å². The molecule has 0 saturated heterocycles. The van der Waals surface area contributed by atoms with Gasteiger partial charge in [0, 0.05) is 0 Å². The average Bonchev–Trinajstić information content (AvgIpc) is 2.35. The number of methoxy groups -OCH3 is 1. The van der Waals surface area contributed by atoms with E-state index in [-0.39, 0.29) is 5.92 Å². The van der Waals surface area contributed by atoms with Crippen LogP contribution in [0, 0.1) is 5.92 Å². The second kappa shape index (κ2) is 7.68. The predicted molar refractivity (Wildman–Crippen MR) is 62.6 cm³/mol. The van der Waals surface area contributed by atoms with Crippen LogP contribution in [0.25, 0.3) is 0 Å². The van der Waals surface area contributed by atoms with Crippen LogP contribution in [0.1, 0.15) is 34.1 Å². The highest BCUT2D eigenvalue weighted by Crippen LogP contribution is 2.07. The SMILES string of the molecule is CCC(C)C(=O)OC(C)C(=O)OC(C)C(=O)OC. The summed E-state index contributed by atoms with van der Waals surface area (Å²) in [4.78, 5) is 34.0. The van der Waals surface area contributed by atoms with E-state index in [2.05, 4.69) is 4.74 Å². The van der Waals surface area contributed by atoms with E-state index in [1.807, 2.05) is 6.92 Å². The molecule has 0 rings (SSSR count). The summed E-state index contributed by atoms with van der Waals surface area (Å²) >= 11 is 0. The number of carbonyl (C=O) groups excluding carboxylic acids is 3. The molecule has 0 aromatic rings. The molecule has 0 aliphatic heterocycles. The Morgan fingerprint density at radius 2 is 1.33 bits per heavy atom. The summed E-state index contributed by atoms with van der Waals surface area (Å²) in [6.07, 6.45) is -1.44. The first kappa shape index (κ1) is 16.4. The topological polar surface area (TPSA) is 78.9 Å². The summed E-state index contributed by atoms with van der Waals surface area (Å²) in [5.74, 6) is -2.18. The van der Waals surface area contributed by atoms with Gasteiger partial charge in [-0.3, -0.25) is 4.79 Å². The van der Waals surface area contributed by atoms with Gasteiger partial charge in [-0.25, -0.2) is 9.59 Å². The minimum Gasteiger partial charge on any atom is -0.466 e. The van der Waals surface area contributed by atoms with Gasteiger partial charge < -0.3 is 14.2 Å². The fraction of sp³-hybridized carbons (Fsp3) is 0.750. The Bertz CT molecular complexity index is 312. The average molecular weight is 260 g/mol. The van der Waals surface area contributed by atoms with Crippen LogP contribution in [0.4, 0.5) is 0 Å². The molecular formula is C12H20O6. The van der Waals surface area contributed by atoms with Gasteiger partial charge in [-0.05, 0) is 20.3 Å². The van der Waals surface area contributed by atoms with Crippen LogP contribution >= 0.6 is 0 Å². The smallest absolute Gasteiger partial charge is 0.347 e. The molecule has 3 atom stereocenters. The molecule has 0 aromatic carbocycles. The monoisotopic (exact) mass is 260 g/mol. The summed E-state index contributed by atoms with van der Waals surface area (Å²) in [6, 6.07) is 0. The molecule has 0 heterocycles. The van der Waals surface area contributed by atoms with Gasteiger partial charge in [0.1, 0.15) is 0 Å². The number of hydrogen-bond donors (Lipinski definition) is 0. The third-order valence-corrected chi connectivity index (χ3v) is 2.47. The Hall–Kier alpha value is -1.59. The molecular weight excluding hydrogens is 240 g/mol. The molecule has 6 heteroatoms. The van der Waals surface area contributed by atoms with Crippen molar-refractivity contribution in [2.75, 3.05) is 7.11 Å². The standard InChI is InChI=1S/C12H20O6/c1-6-7(2)10(13)17-9(4)12(15)18-8(3)11(14)16-5/h7-9H,6H2,1-5H3. The van der Waals surface area contributed by atoms with Crippen LogP contribution in [0.15, 0.2) is 0 Å². The second-order valence-corrected chi connectivity index (χ2v) is 3.99. The van der Waals surface area contributed by atoms with Crippen LogP contribution < -0.4 is 0 Å². The van der Waals surface area contributed by atoms with Crippen LogP contribution in [-0.2, 0) is 28.6 Å². The van der Waals surface area contributed by atoms with Gasteiger partial charge in [0.2, 0.25) is 0 Å². The normalized spacial score (nSPS) is 15.2. The van der Waals surface area contributed by atoms with E-state index in [9.17, 15) is 14.4 Å². The molecule has 0 bridgehead atoms. The first-order chi connectivity index (χ1) is 8.33. The lowest BCUT2D eigenvalue weighted by Gasteiger charge is -2.17. The first-order valence-electron chi connectivity index (χ1n) is 5.82. The van der Waals surface area contributed by atoms with Gasteiger partial charge in [-0.2, -0.15) is 0 Å². The number of carbonyl (C=O) groups is 3. The zero-order valence-electron chi connectivity index (χ0n) is 11.4. The summed E-state index contributed by atoms with van der Waals surface area (Å²) in [7, 11) is 1.19. The fourth-order valence-corrected chi connectivity index (χ4v) is 0.989. The maximum absolute atomic E-state index is 11.5. The van der Waals surface area contributed by atoms with E-state index in [4.69, 9.17) is 9.47 Å². The molecule has 18 heavy (non-hydrogen) atoms. The summed E-state index contributed by atoms with van der Waals surface area (Å²) in [5, 5.41) is 0. The molecule has 104 valence electrons. The van der Waals surface area contributed by atoms with Crippen LogP contribution in [-0.4, -0.2) is 37.2 Å². The van der Waals surface area contributed by atoms with E-state index in [0.717, 1.165) is 0 Å². The van der Waals surface area contributed by atoms with Crippen molar-refractivity contribution in [1.82, 2.24) is 0 Å². The summed E-state index contributed by atoms with van der Waals surface area (Å²) in [5.41, 5.74) is 0. The van der Waals surface area contributed by atoms with E-state index in [1.54, 1.807) is 6.92 Å². The van der Waals surface area contributed by atoms with Gasteiger partial charge in [0.25, 0.3) is 0 Å². The van der Waals surface area contributed by atoms with Crippen molar-refractivity contribution in [2.45, 2.75) is 46.3 Å². The van der Waals surface area contributed by atoms with Crippen molar-refractivity contribution in [3.8, 4) is 0 Å². The second-order valence-electron chi connectivity index (χ2n) is 3.99. The molecule has 0 radical (unpaired) electrons. The zero-order chi connectivity index (χ0) is 14.3. The highest BCUT2D eigenvalue weighted by molar-refractivity contribution is 5.83. The number of rotatable bonds is 6. The van der Waals surface area contributed by atoms with Gasteiger partial charge in [-0.1, -0.05) is 13.8 Å². The molecule has 0 aliphatic rings. The number of ether oxygens (including phenoxy) is 3. The molecule has 0 saturated carbocycles. The van der Waals surface area contributed by atoms with Crippen molar-refractivity contribution in [1.29, 1.82) is 0 Å². The maximum atomic E-state index is 11.5. The van der Waals surface area contributed by atoms with Gasteiger partial charge >= 0.3 is 17.9 Å². The number of esters is 3. The van der Waals surface area contributed by atoms with Gasteiger partial charge in [0.05, 0.1) is 13.0 Å². The van der Waals surface area contributed by atoms with E-state index >= 15 is 0 Å². The van der Waals surface area contributed by atoms with Gasteiger partial charge in [0.15, 0.2) is 12.2 Å². The minimum absolute atomic E-state index is 0.279. The van der Waals surface area contributed by atoms with Crippen LogP contribution in [0.5, 0.6) is 0 Å². The lowest BCUT2D eigenvalue weighted by molar-refractivity contribution is -0.177. The highest BCUT2D eigenvalue weighted by atomic mass is 16.6. The van der Waals surface area contributed by atoms with Crippen molar-refractivity contribution in [3.63, 3.8) is 0 Å². The quantitative estimate of drug-likeness (QED) is 0.525. The fourth-order valence-electron chi connectivity index (χ4n) is 0.989. The van der Waals surface area contributed by atoms with Gasteiger partial charge in [-0.15, -0.1) is 0 Å². The maximum Gasteiger partial charge on any atom is 0.347 e. The largest absolute Gasteiger partial charge is 0.466 e. The third kappa shape index (κ3) is 5.16. The Labute approximate surface area is 107 Å². The molecule has 6 nitrogen and oxygen atoms in total. The van der Waals surface area contributed by atoms with Crippen LogP contribution in [0.3, 0.4) is 0 Å². The molecule has 0 fully saturated rings. The van der Waals surface area contributed by atoms with Crippen molar-refractivity contribution in [2.24, 2.45) is 5.92 Å². The molecule has 0 N–H and O–H groups in total. The van der Waals surface area contributed by atoms with Crippen LogP contribution in [0.2, 0.25) is 0 Å².